The molecule has 1 aromatic heterocycles. The summed E-state index contributed by atoms with van der Waals surface area (Å²) < 4.78 is 4.88. The lowest BCUT2D eigenvalue weighted by atomic mass is 10.4. The Morgan fingerprint density at radius 3 is 3.00 bits per heavy atom. The highest BCUT2D eigenvalue weighted by Crippen LogP contribution is 2.22. The van der Waals surface area contributed by atoms with Crippen molar-refractivity contribution in [1.82, 2.24) is 4.98 Å². The van der Waals surface area contributed by atoms with Crippen LogP contribution in [0.3, 0.4) is 0 Å². The summed E-state index contributed by atoms with van der Waals surface area (Å²) in [5, 5.41) is 4.05. The average molecular weight is 221 g/mol. The van der Waals surface area contributed by atoms with E-state index >= 15 is 0 Å². The molecular weight excluding hydrogens is 211 g/mol. The van der Waals surface area contributed by atoms with Gasteiger partial charge in [-0.1, -0.05) is 23.2 Å². The number of hydrogen-bond acceptors (Lipinski definition) is 3. The molecule has 1 rings (SSSR count). The zero-order chi connectivity index (χ0) is 9.68. The second-order valence-corrected chi connectivity index (χ2v) is 3.20. The normalized spacial score (nSPS) is 10.1. The van der Waals surface area contributed by atoms with Gasteiger partial charge in [0.1, 0.15) is 5.15 Å². The van der Waals surface area contributed by atoms with Gasteiger partial charge < -0.3 is 10.1 Å². The van der Waals surface area contributed by atoms with E-state index < -0.39 is 0 Å². The molecule has 1 heterocycles. The molecule has 0 aliphatic rings. The number of halogens is 2. The van der Waals surface area contributed by atoms with E-state index in [1.54, 1.807) is 13.2 Å². The number of nitrogens with one attached hydrogen (secondary N) is 1. The van der Waals surface area contributed by atoms with Crippen LogP contribution >= 0.6 is 23.2 Å². The summed E-state index contributed by atoms with van der Waals surface area (Å²) in [7, 11) is 1.64. The van der Waals surface area contributed by atoms with Crippen LogP contribution in [-0.2, 0) is 4.74 Å². The van der Waals surface area contributed by atoms with E-state index in [1.165, 1.54) is 6.20 Å². The monoisotopic (exact) mass is 220 g/mol. The van der Waals surface area contributed by atoms with Crippen LogP contribution in [0.2, 0.25) is 10.2 Å². The van der Waals surface area contributed by atoms with Gasteiger partial charge in [-0.25, -0.2) is 4.98 Å². The van der Waals surface area contributed by atoms with Crippen molar-refractivity contribution in [2.24, 2.45) is 0 Å². The quantitative estimate of drug-likeness (QED) is 0.626. The summed E-state index contributed by atoms with van der Waals surface area (Å²) in [4.78, 5) is 3.83. The van der Waals surface area contributed by atoms with Crippen LogP contribution in [0.15, 0.2) is 12.3 Å². The zero-order valence-corrected chi connectivity index (χ0v) is 8.69. The van der Waals surface area contributed by atoms with Crippen LogP contribution in [0.1, 0.15) is 0 Å². The van der Waals surface area contributed by atoms with Crippen LogP contribution in [0, 0.1) is 0 Å². The molecule has 0 aliphatic heterocycles. The molecule has 1 N–H and O–H groups in total. The molecule has 0 radical (unpaired) electrons. The van der Waals surface area contributed by atoms with E-state index in [4.69, 9.17) is 27.9 Å². The number of methoxy groups -OCH3 is 1. The number of anilines is 1. The molecule has 13 heavy (non-hydrogen) atoms. The number of pyridine rings is 1. The van der Waals surface area contributed by atoms with Crippen LogP contribution < -0.4 is 5.32 Å². The Hall–Kier alpha value is -0.510. The zero-order valence-electron chi connectivity index (χ0n) is 7.18. The molecule has 0 unspecified atom stereocenters. The first-order valence-electron chi connectivity index (χ1n) is 3.78. The lowest BCUT2D eigenvalue weighted by molar-refractivity contribution is 0.211. The van der Waals surface area contributed by atoms with E-state index in [0.29, 0.717) is 23.3 Å². The largest absolute Gasteiger partial charge is 0.383 e. The van der Waals surface area contributed by atoms with Crippen molar-refractivity contribution in [2.75, 3.05) is 25.6 Å². The van der Waals surface area contributed by atoms with Crippen LogP contribution in [0.5, 0.6) is 0 Å². The smallest absolute Gasteiger partial charge is 0.131 e. The summed E-state index contributed by atoms with van der Waals surface area (Å²) in [5.74, 6) is 0. The maximum atomic E-state index is 5.85. The molecule has 0 fully saturated rings. The molecule has 0 saturated carbocycles. The van der Waals surface area contributed by atoms with Crippen molar-refractivity contribution in [3.63, 3.8) is 0 Å². The Kier molecular flexibility index (Phi) is 4.28. The minimum Gasteiger partial charge on any atom is -0.383 e. The van der Waals surface area contributed by atoms with Gasteiger partial charge in [-0.3, -0.25) is 0 Å². The number of nitrogens with zero attached hydrogens (tertiary/aromatic N) is 1. The molecule has 5 heteroatoms. The first kappa shape index (κ1) is 10.6. The molecule has 0 amide bonds. The molecule has 0 bridgehead atoms. The first-order valence-corrected chi connectivity index (χ1v) is 4.53. The van der Waals surface area contributed by atoms with E-state index in [0.717, 1.165) is 5.69 Å². The molecule has 0 atom stereocenters. The van der Waals surface area contributed by atoms with Gasteiger partial charge in [0.05, 0.1) is 17.3 Å². The standard InChI is InChI=1S/C8H10Cl2N2O/c1-13-3-2-11-7-4-8(10)12-5-6(7)9/h4-5H,2-3H2,1H3,(H,11,12). The fraction of sp³-hybridized carbons (Fsp3) is 0.375. The van der Waals surface area contributed by atoms with Crippen molar-refractivity contribution in [3.8, 4) is 0 Å². The van der Waals surface area contributed by atoms with Gasteiger partial charge in [0.2, 0.25) is 0 Å². The predicted octanol–water partition coefficient (Wildman–Crippen LogP) is 2.45. The van der Waals surface area contributed by atoms with Crippen molar-refractivity contribution in [1.29, 1.82) is 0 Å². The summed E-state index contributed by atoms with van der Waals surface area (Å²) in [5.41, 5.74) is 0.777. The van der Waals surface area contributed by atoms with E-state index in [-0.39, 0.29) is 0 Å². The van der Waals surface area contributed by atoms with Crippen LogP contribution in [0.4, 0.5) is 5.69 Å². The second kappa shape index (κ2) is 5.27. The number of ether oxygens (including phenoxy) is 1. The number of hydrogen-bond donors (Lipinski definition) is 1. The molecule has 3 nitrogen and oxygen atoms in total. The minimum atomic E-state index is 0.421. The average Bonchev–Trinajstić information content (AvgIpc) is 2.11. The number of rotatable bonds is 4. The Balaban J connectivity index is 2.59. The topological polar surface area (TPSA) is 34.1 Å². The lowest BCUT2D eigenvalue weighted by Gasteiger charge is -2.07. The Bertz CT molecular complexity index is 281. The minimum absolute atomic E-state index is 0.421. The molecule has 0 aliphatic carbocycles. The fourth-order valence-electron chi connectivity index (χ4n) is 0.836. The maximum Gasteiger partial charge on any atom is 0.131 e. The van der Waals surface area contributed by atoms with Crippen LogP contribution in [-0.4, -0.2) is 25.2 Å². The predicted molar refractivity (Wildman–Crippen MR) is 54.6 cm³/mol. The van der Waals surface area contributed by atoms with Gasteiger partial charge in [-0.2, -0.15) is 0 Å². The highest BCUT2D eigenvalue weighted by molar-refractivity contribution is 6.34. The van der Waals surface area contributed by atoms with Gasteiger partial charge in [-0.05, 0) is 0 Å². The van der Waals surface area contributed by atoms with Crippen molar-refractivity contribution in [3.05, 3.63) is 22.4 Å². The van der Waals surface area contributed by atoms with E-state index in [9.17, 15) is 0 Å². The maximum absolute atomic E-state index is 5.85. The van der Waals surface area contributed by atoms with Gasteiger partial charge >= 0.3 is 0 Å². The Labute approximate surface area is 87.0 Å². The van der Waals surface area contributed by atoms with Crippen LogP contribution in [0.25, 0.3) is 0 Å². The molecule has 0 spiro atoms. The summed E-state index contributed by atoms with van der Waals surface area (Å²) in [6.45, 7) is 1.31. The molecule has 72 valence electrons. The third kappa shape index (κ3) is 3.38. The van der Waals surface area contributed by atoms with Gasteiger partial charge in [-0.15, -0.1) is 0 Å². The summed E-state index contributed by atoms with van der Waals surface area (Å²) in [6.07, 6.45) is 1.51. The summed E-state index contributed by atoms with van der Waals surface area (Å²) >= 11 is 11.5. The van der Waals surface area contributed by atoms with Crippen molar-refractivity contribution >= 4 is 28.9 Å². The van der Waals surface area contributed by atoms with Gasteiger partial charge in [0, 0.05) is 25.9 Å². The SMILES string of the molecule is COCCNc1cc(Cl)ncc1Cl. The third-order valence-electron chi connectivity index (χ3n) is 1.44. The molecule has 1 aromatic rings. The van der Waals surface area contributed by atoms with Gasteiger partial charge in [0.15, 0.2) is 0 Å². The first-order chi connectivity index (χ1) is 6.24. The van der Waals surface area contributed by atoms with Gasteiger partial charge in [0.25, 0.3) is 0 Å². The second-order valence-electron chi connectivity index (χ2n) is 2.41. The Morgan fingerprint density at radius 2 is 2.31 bits per heavy atom. The van der Waals surface area contributed by atoms with E-state index in [2.05, 4.69) is 10.3 Å². The highest BCUT2D eigenvalue weighted by atomic mass is 35.5. The number of aromatic nitrogens is 1. The molecule has 0 aromatic carbocycles. The van der Waals surface area contributed by atoms with Crippen molar-refractivity contribution in [2.45, 2.75) is 0 Å². The Morgan fingerprint density at radius 1 is 1.54 bits per heavy atom. The summed E-state index contributed by atoms with van der Waals surface area (Å²) in [6, 6.07) is 1.68. The fourth-order valence-corrected chi connectivity index (χ4v) is 1.16. The van der Waals surface area contributed by atoms with Crippen molar-refractivity contribution < 1.29 is 4.74 Å². The third-order valence-corrected chi connectivity index (χ3v) is 1.95. The molecule has 0 saturated heterocycles. The van der Waals surface area contributed by atoms with E-state index in [1.807, 2.05) is 0 Å². The highest BCUT2D eigenvalue weighted by Gasteiger charge is 2.00. The lowest BCUT2D eigenvalue weighted by Crippen LogP contribution is -2.07. The molecular formula is C8H10Cl2N2O.